The summed E-state index contributed by atoms with van der Waals surface area (Å²) in [5.74, 6) is 0.805. The van der Waals surface area contributed by atoms with Crippen LogP contribution in [0.25, 0.3) is 0 Å². The minimum Gasteiger partial charge on any atom is -0.451 e. The van der Waals surface area contributed by atoms with Crippen LogP contribution >= 0.6 is 0 Å². The predicted octanol–water partition coefficient (Wildman–Crippen LogP) is 3.75. The molecule has 0 aromatic heterocycles. The lowest BCUT2D eigenvalue weighted by Gasteiger charge is -2.59. The van der Waals surface area contributed by atoms with Crippen molar-refractivity contribution in [2.24, 2.45) is 23.2 Å². The highest BCUT2D eigenvalue weighted by molar-refractivity contribution is 5.78. The second kappa shape index (κ2) is 5.50. The van der Waals surface area contributed by atoms with Gasteiger partial charge in [-0.25, -0.2) is 0 Å². The molecule has 0 radical (unpaired) electrons. The molecular weight excluding hydrogens is 252 g/mol. The van der Waals surface area contributed by atoms with Gasteiger partial charge in [0, 0.05) is 5.41 Å². The lowest BCUT2D eigenvalue weighted by Crippen LogP contribution is -2.65. The zero-order valence-corrected chi connectivity index (χ0v) is 13.3. The Hall–Kier alpha value is -0.860. The summed E-state index contributed by atoms with van der Waals surface area (Å²) in [6, 6.07) is 0. The first-order valence-electron chi connectivity index (χ1n) is 8.03. The Bertz CT molecular complexity index is 380. The maximum Gasteiger partial charge on any atom is 0.309 e. The number of carbonyl (C=O) groups is 2. The van der Waals surface area contributed by atoms with Crippen LogP contribution in [0.2, 0.25) is 0 Å². The Kier molecular flexibility index (Phi) is 4.27. The summed E-state index contributed by atoms with van der Waals surface area (Å²) in [4.78, 5) is 24.0. The molecule has 0 amide bonds. The van der Waals surface area contributed by atoms with Crippen molar-refractivity contribution in [3.05, 3.63) is 0 Å². The van der Waals surface area contributed by atoms with Gasteiger partial charge in [0.05, 0.1) is 5.92 Å². The third-order valence-corrected chi connectivity index (χ3v) is 5.76. The molecule has 0 unspecified atom stereocenters. The second-order valence-electron chi connectivity index (χ2n) is 7.54. The molecule has 0 saturated heterocycles. The Morgan fingerprint density at radius 2 is 1.80 bits per heavy atom. The van der Waals surface area contributed by atoms with E-state index in [9.17, 15) is 9.59 Å². The summed E-state index contributed by atoms with van der Waals surface area (Å²) in [6.45, 7) is 8.46. The third kappa shape index (κ3) is 2.40. The standard InChI is InChI=1S/C17H28O3/c1-12(2)14-10-17(11-18,16(14,3)4)20-15(19)13-8-6-5-7-9-13/h11-14H,5-10H2,1-4H3/t14-,17-/m1/s1. The monoisotopic (exact) mass is 280 g/mol. The smallest absolute Gasteiger partial charge is 0.309 e. The van der Waals surface area contributed by atoms with E-state index in [4.69, 9.17) is 4.74 Å². The maximum absolute atomic E-state index is 12.3. The van der Waals surface area contributed by atoms with Crippen molar-refractivity contribution < 1.29 is 14.3 Å². The van der Waals surface area contributed by atoms with Crippen LogP contribution in [0.1, 0.15) is 66.2 Å². The number of carbonyl (C=O) groups excluding carboxylic acids is 2. The number of ether oxygens (including phenoxy) is 1. The molecule has 2 aliphatic rings. The summed E-state index contributed by atoms with van der Waals surface area (Å²) in [6.07, 6.45) is 6.82. The van der Waals surface area contributed by atoms with Crippen LogP contribution in [0.4, 0.5) is 0 Å². The molecule has 3 nitrogen and oxygen atoms in total. The molecule has 0 N–H and O–H groups in total. The van der Waals surface area contributed by atoms with Crippen LogP contribution in [0.15, 0.2) is 0 Å². The highest BCUT2D eigenvalue weighted by Crippen LogP contribution is 2.58. The van der Waals surface area contributed by atoms with Gasteiger partial charge in [-0.15, -0.1) is 0 Å². The number of hydrogen-bond acceptors (Lipinski definition) is 3. The average molecular weight is 280 g/mol. The van der Waals surface area contributed by atoms with Gasteiger partial charge >= 0.3 is 5.97 Å². The highest BCUT2D eigenvalue weighted by atomic mass is 16.6. The van der Waals surface area contributed by atoms with Crippen molar-refractivity contribution in [3.8, 4) is 0 Å². The van der Waals surface area contributed by atoms with E-state index in [1.165, 1.54) is 6.42 Å². The molecule has 2 aliphatic carbocycles. The minimum atomic E-state index is -0.892. The fourth-order valence-electron chi connectivity index (χ4n) is 4.10. The Morgan fingerprint density at radius 1 is 1.20 bits per heavy atom. The second-order valence-corrected chi connectivity index (χ2v) is 7.54. The summed E-state index contributed by atoms with van der Waals surface area (Å²) >= 11 is 0. The number of hydrogen-bond donors (Lipinski definition) is 0. The van der Waals surface area contributed by atoms with Crippen LogP contribution in [0.3, 0.4) is 0 Å². The van der Waals surface area contributed by atoms with E-state index in [1.807, 2.05) is 0 Å². The van der Waals surface area contributed by atoms with Gasteiger partial charge in [-0.05, 0) is 31.1 Å². The van der Waals surface area contributed by atoms with Crippen molar-refractivity contribution in [1.29, 1.82) is 0 Å². The molecule has 0 aliphatic heterocycles. The number of esters is 1. The van der Waals surface area contributed by atoms with E-state index in [2.05, 4.69) is 27.7 Å². The zero-order valence-electron chi connectivity index (χ0n) is 13.3. The van der Waals surface area contributed by atoms with Crippen molar-refractivity contribution in [1.82, 2.24) is 0 Å². The topological polar surface area (TPSA) is 43.4 Å². The first kappa shape index (κ1) is 15.5. The van der Waals surface area contributed by atoms with Crippen molar-refractivity contribution >= 4 is 12.3 Å². The number of rotatable bonds is 4. The Balaban J connectivity index is 2.06. The summed E-state index contributed by atoms with van der Waals surface area (Å²) in [7, 11) is 0. The normalized spacial score (nSPS) is 33.5. The van der Waals surface area contributed by atoms with Crippen LogP contribution in [-0.2, 0) is 14.3 Å². The molecule has 20 heavy (non-hydrogen) atoms. The van der Waals surface area contributed by atoms with E-state index in [-0.39, 0.29) is 17.3 Å². The summed E-state index contributed by atoms with van der Waals surface area (Å²) < 4.78 is 5.75. The van der Waals surface area contributed by atoms with Crippen LogP contribution in [0.5, 0.6) is 0 Å². The Morgan fingerprint density at radius 3 is 2.25 bits per heavy atom. The molecule has 3 heteroatoms. The minimum absolute atomic E-state index is 0.00877. The van der Waals surface area contributed by atoms with Gasteiger partial charge in [0.1, 0.15) is 0 Å². The van der Waals surface area contributed by atoms with Crippen LogP contribution in [-0.4, -0.2) is 17.9 Å². The van der Waals surface area contributed by atoms with Gasteiger partial charge in [0.15, 0.2) is 11.9 Å². The largest absolute Gasteiger partial charge is 0.451 e. The van der Waals surface area contributed by atoms with Gasteiger partial charge in [-0.2, -0.15) is 0 Å². The molecule has 2 rings (SSSR count). The molecule has 0 spiro atoms. The van der Waals surface area contributed by atoms with Crippen LogP contribution in [0, 0.1) is 23.2 Å². The van der Waals surface area contributed by atoms with Crippen molar-refractivity contribution in [2.45, 2.75) is 71.8 Å². The van der Waals surface area contributed by atoms with E-state index in [0.29, 0.717) is 18.3 Å². The first-order chi connectivity index (χ1) is 9.34. The van der Waals surface area contributed by atoms with Crippen molar-refractivity contribution in [2.75, 3.05) is 0 Å². The SMILES string of the molecule is CC(C)[C@H]1C[C@](C=O)(OC(=O)C2CCCCC2)C1(C)C. The lowest BCUT2D eigenvalue weighted by molar-refractivity contribution is -0.224. The molecule has 114 valence electrons. The van der Waals surface area contributed by atoms with E-state index < -0.39 is 5.60 Å². The fourth-order valence-corrected chi connectivity index (χ4v) is 4.10. The Labute approximate surface area is 122 Å². The highest BCUT2D eigenvalue weighted by Gasteiger charge is 2.63. The lowest BCUT2D eigenvalue weighted by atomic mass is 9.49. The predicted molar refractivity (Wildman–Crippen MR) is 78.2 cm³/mol. The van der Waals surface area contributed by atoms with E-state index in [1.54, 1.807) is 0 Å². The van der Waals surface area contributed by atoms with Gasteiger partial charge in [-0.3, -0.25) is 9.59 Å². The third-order valence-electron chi connectivity index (χ3n) is 5.76. The van der Waals surface area contributed by atoms with Gasteiger partial charge in [0.25, 0.3) is 0 Å². The quantitative estimate of drug-likeness (QED) is 0.582. The number of aldehydes is 1. The van der Waals surface area contributed by atoms with Gasteiger partial charge in [0.2, 0.25) is 0 Å². The molecule has 0 aromatic rings. The molecular formula is C17H28O3. The van der Waals surface area contributed by atoms with E-state index in [0.717, 1.165) is 32.0 Å². The average Bonchev–Trinajstić information content (AvgIpc) is 2.43. The summed E-state index contributed by atoms with van der Waals surface area (Å²) in [5.41, 5.74) is -1.15. The van der Waals surface area contributed by atoms with E-state index >= 15 is 0 Å². The van der Waals surface area contributed by atoms with Gasteiger partial charge in [-0.1, -0.05) is 47.0 Å². The van der Waals surface area contributed by atoms with Gasteiger partial charge < -0.3 is 4.74 Å². The fraction of sp³-hybridized carbons (Fsp3) is 0.882. The first-order valence-corrected chi connectivity index (χ1v) is 8.03. The summed E-state index contributed by atoms with van der Waals surface area (Å²) in [5, 5.41) is 0. The molecule has 2 fully saturated rings. The van der Waals surface area contributed by atoms with Crippen molar-refractivity contribution in [3.63, 3.8) is 0 Å². The molecule has 2 atom stereocenters. The molecule has 0 bridgehead atoms. The maximum atomic E-state index is 12.3. The molecule has 0 aromatic carbocycles. The molecule has 0 heterocycles. The van der Waals surface area contributed by atoms with Crippen LogP contribution < -0.4 is 0 Å². The molecule has 2 saturated carbocycles. The zero-order chi connectivity index (χ0) is 15.0.